The highest BCUT2D eigenvalue weighted by atomic mass is 127. The monoisotopic (exact) mass is 347 g/mol. The molecular formula is C8H5ClF2INO2. The summed E-state index contributed by atoms with van der Waals surface area (Å²) in [4.78, 5) is 14.1. The van der Waals surface area contributed by atoms with Crippen molar-refractivity contribution in [1.82, 2.24) is 4.98 Å². The van der Waals surface area contributed by atoms with Crippen LogP contribution in [0.4, 0.5) is 8.78 Å². The molecule has 0 aromatic carbocycles. The number of pyridine rings is 1. The van der Waals surface area contributed by atoms with E-state index in [2.05, 4.69) is 4.98 Å². The second-order valence-electron chi connectivity index (χ2n) is 2.67. The average Bonchev–Trinajstić information content (AvgIpc) is 2.09. The predicted molar refractivity (Wildman–Crippen MR) is 58.3 cm³/mol. The first-order valence-electron chi connectivity index (χ1n) is 3.76. The Bertz CT molecular complexity index is 400. The summed E-state index contributed by atoms with van der Waals surface area (Å²) in [5.41, 5.74) is -0.187. The van der Waals surface area contributed by atoms with E-state index < -0.39 is 12.4 Å². The van der Waals surface area contributed by atoms with Gasteiger partial charge in [0.2, 0.25) is 0 Å². The molecule has 0 spiro atoms. The van der Waals surface area contributed by atoms with E-state index in [-0.39, 0.29) is 26.4 Å². The van der Waals surface area contributed by atoms with Gasteiger partial charge in [-0.3, -0.25) is 4.79 Å². The second-order valence-corrected chi connectivity index (χ2v) is 4.10. The lowest BCUT2D eigenvalue weighted by molar-refractivity contribution is -0.136. The standard InChI is InChI=1S/C8H5ClF2INO2/c9-4-1-3(7(10)11)8(12)13-5(4)2-6(14)15/h1,7H,2H2,(H,14,15). The number of aliphatic carboxylic acids is 1. The normalized spacial score (nSPS) is 10.7. The van der Waals surface area contributed by atoms with E-state index in [1.807, 2.05) is 0 Å². The maximum Gasteiger partial charge on any atom is 0.309 e. The summed E-state index contributed by atoms with van der Waals surface area (Å²) in [6.07, 6.45) is -3.04. The quantitative estimate of drug-likeness (QED) is 0.676. The van der Waals surface area contributed by atoms with Crippen LogP contribution in [0.5, 0.6) is 0 Å². The van der Waals surface area contributed by atoms with Gasteiger partial charge >= 0.3 is 5.97 Å². The Kier molecular flexibility index (Phi) is 4.21. The van der Waals surface area contributed by atoms with Crippen LogP contribution < -0.4 is 0 Å². The minimum absolute atomic E-state index is 0.0480. The summed E-state index contributed by atoms with van der Waals surface area (Å²) in [7, 11) is 0. The first-order valence-corrected chi connectivity index (χ1v) is 5.22. The summed E-state index contributed by atoms with van der Waals surface area (Å²) < 4.78 is 24.8. The van der Waals surface area contributed by atoms with Crippen molar-refractivity contribution in [3.63, 3.8) is 0 Å². The first-order chi connectivity index (χ1) is 6.91. The van der Waals surface area contributed by atoms with E-state index in [4.69, 9.17) is 16.7 Å². The van der Waals surface area contributed by atoms with Crippen LogP contribution >= 0.6 is 34.2 Å². The molecule has 82 valence electrons. The Morgan fingerprint density at radius 1 is 1.67 bits per heavy atom. The molecule has 0 atom stereocenters. The summed E-state index contributed by atoms with van der Waals surface area (Å²) in [5, 5.41) is 8.46. The molecule has 1 rings (SSSR count). The summed E-state index contributed by atoms with van der Waals surface area (Å²) in [6.45, 7) is 0. The molecule has 3 nitrogen and oxygen atoms in total. The highest BCUT2D eigenvalue weighted by molar-refractivity contribution is 14.1. The van der Waals surface area contributed by atoms with Crippen molar-refractivity contribution in [3.8, 4) is 0 Å². The SMILES string of the molecule is O=C(O)Cc1nc(I)c(C(F)F)cc1Cl. The number of nitrogens with zero attached hydrogens (tertiary/aromatic N) is 1. The van der Waals surface area contributed by atoms with E-state index in [1.54, 1.807) is 22.6 Å². The van der Waals surface area contributed by atoms with Gasteiger partial charge in [0.1, 0.15) is 3.70 Å². The summed E-state index contributed by atoms with van der Waals surface area (Å²) >= 11 is 7.25. The number of alkyl halides is 2. The van der Waals surface area contributed by atoms with Crippen LogP contribution in [0.15, 0.2) is 6.07 Å². The van der Waals surface area contributed by atoms with Crippen LogP contribution in [0.2, 0.25) is 5.02 Å². The van der Waals surface area contributed by atoms with Crippen molar-refractivity contribution in [2.45, 2.75) is 12.8 Å². The highest BCUT2D eigenvalue weighted by Gasteiger charge is 2.17. The molecule has 0 unspecified atom stereocenters. The molecule has 0 saturated heterocycles. The van der Waals surface area contributed by atoms with E-state index in [9.17, 15) is 13.6 Å². The zero-order valence-corrected chi connectivity index (χ0v) is 10.1. The van der Waals surface area contributed by atoms with Gasteiger partial charge in [0.05, 0.1) is 22.7 Å². The predicted octanol–water partition coefficient (Wildman–Crippen LogP) is 2.90. The van der Waals surface area contributed by atoms with Crippen LogP contribution in [0, 0.1) is 3.70 Å². The van der Waals surface area contributed by atoms with Crippen LogP contribution in [0.3, 0.4) is 0 Å². The number of carboxylic acids is 1. The Labute approximate surface area is 103 Å². The van der Waals surface area contributed by atoms with E-state index in [0.717, 1.165) is 6.07 Å². The van der Waals surface area contributed by atoms with Gasteiger partial charge in [0, 0.05) is 0 Å². The van der Waals surface area contributed by atoms with E-state index >= 15 is 0 Å². The van der Waals surface area contributed by atoms with Gasteiger partial charge in [-0.2, -0.15) is 0 Å². The largest absolute Gasteiger partial charge is 0.481 e. The third-order valence-electron chi connectivity index (χ3n) is 1.58. The Morgan fingerprint density at radius 2 is 2.27 bits per heavy atom. The molecule has 0 aliphatic carbocycles. The zero-order chi connectivity index (χ0) is 11.6. The minimum atomic E-state index is -2.67. The number of aromatic nitrogens is 1. The molecule has 0 aliphatic heterocycles. The fraction of sp³-hybridized carbons (Fsp3) is 0.250. The smallest absolute Gasteiger partial charge is 0.309 e. The van der Waals surface area contributed by atoms with Gasteiger partial charge in [-0.25, -0.2) is 13.8 Å². The van der Waals surface area contributed by atoms with E-state index in [0.29, 0.717) is 0 Å². The zero-order valence-electron chi connectivity index (χ0n) is 7.18. The number of carbonyl (C=O) groups is 1. The van der Waals surface area contributed by atoms with Crippen molar-refractivity contribution in [1.29, 1.82) is 0 Å². The van der Waals surface area contributed by atoms with Gasteiger partial charge in [-0.1, -0.05) is 11.6 Å². The summed E-state index contributed by atoms with van der Waals surface area (Å²) in [5.74, 6) is -1.11. The number of carboxylic acid groups (broad SMARTS) is 1. The molecule has 15 heavy (non-hydrogen) atoms. The van der Waals surface area contributed by atoms with Gasteiger partial charge in [0.15, 0.2) is 0 Å². The molecule has 0 radical (unpaired) electrons. The summed E-state index contributed by atoms with van der Waals surface area (Å²) in [6, 6.07) is 1.05. The van der Waals surface area contributed by atoms with Crippen molar-refractivity contribution < 1.29 is 18.7 Å². The van der Waals surface area contributed by atoms with Gasteiger partial charge in [-0.05, 0) is 28.7 Å². The maximum atomic E-state index is 12.4. The molecule has 7 heteroatoms. The van der Waals surface area contributed by atoms with Gasteiger partial charge in [-0.15, -0.1) is 0 Å². The van der Waals surface area contributed by atoms with Crippen molar-refractivity contribution in [3.05, 3.63) is 26.0 Å². The fourth-order valence-corrected chi connectivity index (χ4v) is 1.84. The molecule has 0 bridgehead atoms. The first kappa shape index (κ1) is 12.6. The molecule has 1 N–H and O–H groups in total. The Hall–Kier alpha value is -0.500. The molecule has 0 aliphatic rings. The molecule has 0 saturated carbocycles. The van der Waals surface area contributed by atoms with Crippen LogP contribution in [0.25, 0.3) is 0 Å². The molecule has 1 aromatic heterocycles. The average molecular weight is 347 g/mol. The third kappa shape index (κ3) is 3.23. The number of hydrogen-bond donors (Lipinski definition) is 1. The van der Waals surface area contributed by atoms with Gasteiger partial charge in [0.25, 0.3) is 6.43 Å². The minimum Gasteiger partial charge on any atom is -0.481 e. The van der Waals surface area contributed by atoms with Crippen molar-refractivity contribution in [2.75, 3.05) is 0 Å². The lowest BCUT2D eigenvalue weighted by Gasteiger charge is -2.06. The lowest BCUT2D eigenvalue weighted by atomic mass is 10.2. The molecule has 0 fully saturated rings. The van der Waals surface area contributed by atoms with Crippen molar-refractivity contribution >= 4 is 40.2 Å². The van der Waals surface area contributed by atoms with E-state index in [1.165, 1.54) is 0 Å². The Balaban J connectivity index is 3.13. The van der Waals surface area contributed by atoms with Crippen molar-refractivity contribution in [2.24, 2.45) is 0 Å². The number of halogens is 4. The fourth-order valence-electron chi connectivity index (χ4n) is 0.936. The molecular weight excluding hydrogens is 342 g/mol. The Morgan fingerprint density at radius 3 is 2.73 bits per heavy atom. The molecule has 0 amide bonds. The second kappa shape index (κ2) is 5.02. The number of hydrogen-bond acceptors (Lipinski definition) is 2. The maximum absolute atomic E-state index is 12.4. The van der Waals surface area contributed by atoms with Crippen LogP contribution in [-0.2, 0) is 11.2 Å². The topological polar surface area (TPSA) is 50.2 Å². The molecule has 1 aromatic rings. The highest BCUT2D eigenvalue weighted by Crippen LogP contribution is 2.27. The number of rotatable bonds is 3. The van der Waals surface area contributed by atoms with Gasteiger partial charge < -0.3 is 5.11 Å². The molecule has 1 heterocycles. The van der Waals surface area contributed by atoms with Crippen LogP contribution in [-0.4, -0.2) is 16.1 Å². The lowest BCUT2D eigenvalue weighted by Crippen LogP contribution is -2.06. The van der Waals surface area contributed by atoms with Crippen LogP contribution in [0.1, 0.15) is 17.7 Å². The third-order valence-corrected chi connectivity index (χ3v) is 2.77.